The summed E-state index contributed by atoms with van der Waals surface area (Å²) >= 11 is 5.96. The fraction of sp³-hybridized carbons (Fsp3) is 0.500. The number of nitrogens with two attached hydrogens (primary N) is 1. The minimum Gasteiger partial charge on any atom is -0.329 e. The predicted molar refractivity (Wildman–Crippen MR) is 74.4 cm³/mol. The molecule has 0 spiro atoms. The zero-order valence-corrected chi connectivity index (χ0v) is 12.3. The molecule has 0 aliphatic heterocycles. The molecule has 0 radical (unpaired) electrons. The number of sulfonamides is 1. The maximum atomic E-state index is 12.1. The minimum atomic E-state index is -3.62. The van der Waals surface area contributed by atoms with E-state index in [0.29, 0.717) is 0 Å². The zero-order chi connectivity index (χ0) is 13.9. The van der Waals surface area contributed by atoms with Gasteiger partial charge in [-0.3, -0.25) is 0 Å². The Morgan fingerprint density at radius 1 is 1.33 bits per heavy atom. The lowest BCUT2D eigenvalue weighted by Gasteiger charge is -2.14. The molecule has 0 fully saturated rings. The Kier molecular flexibility index (Phi) is 5.16. The molecular formula is C12H19ClN2O2S. The fourth-order valence-corrected chi connectivity index (χ4v) is 3.25. The average Bonchev–Trinajstić information content (AvgIpc) is 2.28. The molecule has 1 atom stereocenters. The molecule has 1 aromatic carbocycles. The number of rotatable bonds is 5. The van der Waals surface area contributed by atoms with Crippen LogP contribution in [-0.4, -0.2) is 21.0 Å². The van der Waals surface area contributed by atoms with E-state index in [9.17, 15) is 8.42 Å². The number of hydrogen-bond donors (Lipinski definition) is 2. The van der Waals surface area contributed by atoms with Crippen LogP contribution in [0.4, 0.5) is 0 Å². The maximum Gasteiger partial charge on any atom is 0.242 e. The molecule has 4 nitrogen and oxygen atoms in total. The van der Waals surface area contributed by atoms with Crippen molar-refractivity contribution in [2.24, 2.45) is 5.73 Å². The van der Waals surface area contributed by atoms with E-state index < -0.39 is 10.0 Å². The highest BCUT2D eigenvalue weighted by molar-refractivity contribution is 7.89. The van der Waals surface area contributed by atoms with Crippen LogP contribution in [0.25, 0.3) is 0 Å². The molecule has 1 aromatic rings. The third-order valence-corrected chi connectivity index (χ3v) is 4.69. The molecule has 0 heterocycles. The summed E-state index contributed by atoms with van der Waals surface area (Å²) in [6.45, 7) is 5.93. The molecule has 0 aliphatic rings. The van der Waals surface area contributed by atoms with Crippen LogP contribution in [0.1, 0.15) is 32.3 Å². The summed E-state index contributed by atoms with van der Waals surface area (Å²) in [4.78, 5) is 0.107. The Balaban J connectivity index is 3.19. The highest BCUT2D eigenvalue weighted by atomic mass is 35.5. The van der Waals surface area contributed by atoms with Crippen molar-refractivity contribution in [2.75, 3.05) is 6.54 Å². The van der Waals surface area contributed by atoms with E-state index in [1.54, 1.807) is 19.1 Å². The molecule has 1 rings (SSSR count). The summed E-state index contributed by atoms with van der Waals surface area (Å²) in [5.41, 5.74) is 6.34. The average molecular weight is 291 g/mol. The summed E-state index contributed by atoms with van der Waals surface area (Å²) in [6.07, 6.45) is 0. The predicted octanol–water partition coefficient (Wildman–Crippen LogP) is 2.09. The third kappa shape index (κ3) is 3.68. The highest BCUT2D eigenvalue weighted by Gasteiger charge is 2.20. The Hall–Kier alpha value is -0.620. The van der Waals surface area contributed by atoms with Crippen LogP contribution < -0.4 is 10.5 Å². The summed E-state index contributed by atoms with van der Waals surface area (Å²) in [6, 6.07) is 4.73. The van der Waals surface area contributed by atoms with E-state index in [-0.39, 0.29) is 28.4 Å². The number of nitrogens with one attached hydrogen (secondary N) is 1. The Morgan fingerprint density at radius 3 is 2.44 bits per heavy atom. The van der Waals surface area contributed by atoms with Crippen LogP contribution in [0.2, 0.25) is 5.02 Å². The van der Waals surface area contributed by atoms with E-state index in [0.717, 1.165) is 5.56 Å². The molecule has 3 N–H and O–H groups in total. The van der Waals surface area contributed by atoms with Crippen LogP contribution in [0.15, 0.2) is 23.1 Å². The molecule has 0 aromatic heterocycles. The lowest BCUT2D eigenvalue weighted by molar-refractivity contribution is 0.562. The molecule has 102 valence electrons. The first kappa shape index (κ1) is 15.4. The second-order valence-corrected chi connectivity index (χ2v) is 6.69. The molecule has 0 amide bonds. The zero-order valence-electron chi connectivity index (χ0n) is 10.8. The largest absolute Gasteiger partial charge is 0.329 e. The van der Waals surface area contributed by atoms with Crippen LogP contribution in [0, 0.1) is 0 Å². The number of halogens is 1. The summed E-state index contributed by atoms with van der Waals surface area (Å²) in [5, 5.41) is 0.219. The van der Waals surface area contributed by atoms with Crippen molar-refractivity contribution in [3.05, 3.63) is 28.8 Å². The van der Waals surface area contributed by atoms with E-state index in [1.807, 2.05) is 19.9 Å². The van der Waals surface area contributed by atoms with Gasteiger partial charge in [0, 0.05) is 12.6 Å². The monoisotopic (exact) mass is 290 g/mol. The van der Waals surface area contributed by atoms with Gasteiger partial charge in [0.2, 0.25) is 10.0 Å². The smallest absolute Gasteiger partial charge is 0.242 e. The van der Waals surface area contributed by atoms with E-state index in [4.69, 9.17) is 17.3 Å². The highest BCUT2D eigenvalue weighted by Crippen LogP contribution is 2.26. The quantitative estimate of drug-likeness (QED) is 0.872. The second kappa shape index (κ2) is 6.02. The Bertz CT molecular complexity index is 515. The van der Waals surface area contributed by atoms with Crippen LogP contribution >= 0.6 is 11.6 Å². The lowest BCUT2D eigenvalue weighted by atomic mass is 10.0. The van der Waals surface area contributed by atoms with Crippen molar-refractivity contribution in [1.82, 2.24) is 4.72 Å². The SMILES string of the molecule is CC(C)c1ccc(Cl)c(S(=O)(=O)N[C@@H](C)CN)c1. The van der Waals surface area contributed by atoms with Gasteiger partial charge in [0.25, 0.3) is 0 Å². The normalized spacial score (nSPS) is 13.9. The second-order valence-electron chi connectivity index (χ2n) is 4.60. The molecule has 0 saturated heterocycles. The van der Waals surface area contributed by atoms with Crippen molar-refractivity contribution in [3.63, 3.8) is 0 Å². The van der Waals surface area contributed by atoms with Gasteiger partial charge in [-0.05, 0) is 30.5 Å². The summed E-state index contributed by atoms with van der Waals surface area (Å²) in [5.74, 6) is 0.239. The van der Waals surface area contributed by atoms with E-state index in [2.05, 4.69) is 4.72 Å². The molecule has 0 aliphatic carbocycles. The van der Waals surface area contributed by atoms with Gasteiger partial charge in [0.15, 0.2) is 0 Å². The maximum absolute atomic E-state index is 12.1. The minimum absolute atomic E-state index is 0.107. The fourth-order valence-electron chi connectivity index (χ4n) is 1.46. The van der Waals surface area contributed by atoms with Crippen molar-refractivity contribution < 1.29 is 8.42 Å². The van der Waals surface area contributed by atoms with Crippen LogP contribution in [-0.2, 0) is 10.0 Å². The van der Waals surface area contributed by atoms with E-state index >= 15 is 0 Å². The summed E-state index contributed by atoms with van der Waals surface area (Å²) < 4.78 is 26.8. The molecule has 0 saturated carbocycles. The van der Waals surface area contributed by atoms with Crippen LogP contribution in [0.3, 0.4) is 0 Å². The van der Waals surface area contributed by atoms with Crippen molar-refractivity contribution in [3.8, 4) is 0 Å². The van der Waals surface area contributed by atoms with Crippen molar-refractivity contribution in [1.29, 1.82) is 0 Å². The van der Waals surface area contributed by atoms with Gasteiger partial charge in [-0.2, -0.15) is 0 Å². The first-order chi connectivity index (χ1) is 8.27. The topological polar surface area (TPSA) is 72.2 Å². The molecule has 6 heteroatoms. The van der Waals surface area contributed by atoms with Crippen LogP contribution in [0.5, 0.6) is 0 Å². The molecule has 0 unspecified atom stereocenters. The first-order valence-electron chi connectivity index (χ1n) is 5.79. The first-order valence-corrected chi connectivity index (χ1v) is 7.66. The Labute approximate surface area is 114 Å². The number of hydrogen-bond acceptors (Lipinski definition) is 3. The standard InChI is InChI=1S/C12H19ClN2O2S/c1-8(2)10-4-5-11(13)12(6-10)18(16,17)15-9(3)7-14/h4-6,8-9,15H,7,14H2,1-3H3/t9-/m0/s1. The third-order valence-electron chi connectivity index (χ3n) is 2.62. The lowest BCUT2D eigenvalue weighted by Crippen LogP contribution is -2.37. The van der Waals surface area contributed by atoms with Gasteiger partial charge >= 0.3 is 0 Å². The van der Waals surface area contributed by atoms with Crippen molar-refractivity contribution in [2.45, 2.75) is 37.6 Å². The van der Waals surface area contributed by atoms with Crippen molar-refractivity contribution >= 4 is 21.6 Å². The van der Waals surface area contributed by atoms with Gasteiger partial charge in [0.1, 0.15) is 4.90 Å². The molecular weight excluding hydrogens is 272 g/mol. The van der Waals surface area contributed by atoms with Gasteiger partial charge in [-0.15, -0.1) is 0 Å². The van der Waals surface area contributed by atoms with E-state index in [1.165, 1.54) is 0 Å². The number of benzene rings is 1. The van der Waals surface area contributed by atoms with Gasteiger partial charge in [-0.25, -0.2) is 13.1 Å². The van der Waals surface area contributed by atoms with Gasteiger partial charge in [0.05, 0.1) is 5.02 Å². The van der Waals surface area contributed by atoms with Gasteiger partial charge in [-0.1, -0.05) is 31.5 Å². The summed E-state index contributed by atoms with van der Waals surface area (Å²) in [7, 11) is -3.62. The molecule has 18 heavy (non-hydrogen) atoms. The van der Waals surface area contributed by atoms with Gasteiger partial charge < -0.3 is 5.73 Å². The Morgan fingerprint density at radius 2 is 1.94 bits per heavy atom. The molecule has 0 bridgehead atoms.